The van der Waals surface area contributed by atoms with Crippen LogP contribution >= 0.6 is 0 Å². The molecule has 0 aromatic rings. The largest absolute Gasteiger partial charge is 0.316 e. The van der Waals surface area contributed by atoms with Crippen LogP contribution < -0.4 is 5.32 Å². The zero-order chi connectivity index (χ0) is 7.40. The van der Waals surface area contributed by atoms with Crippen LogP contribution in [0.5, 0.6) is 0 Å². The molecule has 0 aliphatic carbocycles. The van der Waals surface area contributed by atoms with Gasteiger partial charge in [0.05, 0.1) is 0 Å². The Bertz CT molecular complexity index is 136. The zero-order valence-electron chi connectivity index (χ0n) is 6.10. The van der Waals surface area contributed by atoms with Crippen molar-refractivity contribution in [2.45, 2.75) is 12.8 Å². The third kappa shape index (κ3) is 1.67. The van der Waals surface area contributed by atoms with Gasteiger partial charge in [-0.05, 0) is 13.0 Å². The van der Waals surface area contributed by atoms with E-state index >= 15 is 0 Å². The molecule has 0 aromatic carbocycles. The highest BCUT2D eigenvalue weighted by Crippen LogP contribution is 2.10. The van der Waals surface area contributed by atoms with E-state index in [0.29, 0.717) is 12.2 Å². The minimum atomic E-state index is 0.262. The van der Waals surface area contributed by atoms with Crippen molar-refractivity contribution in [3.63, 3.8) is 0 Å². The topological polar surface area (TPSA) is 29.1 Å². The first-order valence-corrected chi connectivity index (χ1v) is 3.69. The van der Waals surface area contributed by atoms with Crippen LogP contribution in [0.25, 0.3) is 0 Å². The summed E-state index contributed by atoms with van der Waals surface area (Å²) < 4.78 is 0. The number of carbonyl (C=O) groups is 1. The van der Waals surface area contributed by atoms with E-state index in [1.807, 2.05) is 0 Å². The summed E-state index contributed by atoms with van der Waals surface area (Å²) in [6.45, 7) is 5.39. The van der Waals surface area contributed by atoms with Crippen molar-refractivity contribution < 1.29 is 4.79 Å². The molecule has 0 saturated carbocycles. The molecule has 0 amide bonds. The van der Waals surface area contributed by atoms with Gasteiger partial charge in [-0.3, -0.25) is 4.79 Å². The lowest BCUT2D eigenvalue weighted by Gasteiger charge is -2.02. The number of rotatable bonds is 3. The Morgan fingerprint density at radius 2 is 2.60 bits per heavy atom. The van der Waals surface area contributed by atoms with E-state index in [1.54, 1.807) is 6.08 Å². The summed E-state index contributed by atoms with van der Waals surface area (Å²) in [7, 11) is 0. The fraction of sp³-hybridized carbons (Fsp3) is 0.625. The minimum absolute atomic E-state index is 0.262. The molecule has 56 valence electrons. The lowest BCUT2D eigenvalue weighted by molar-refractivity contribution is -0.121. The molecule has 1 saturated heterocycles. The Morgan fingerprint density at radius 1 is 1.80 bits per heavy atom. The molecule has 2 nitrogen and oxygen atoms in total. The molecule has 0 radical (unpaired) electrons. The molecular weight excluding hydrogens is 126 g/mol. The average Bonchev–Trinajstić information content (AvgIpc) is 2.38. The van der Waals surface area contributed by atoms with Crippen LogP contribution in [0.3, 0.4) is 0 Å². The molecule has 1 N–H and O–H groups in total. The van der Waals surface area contributed by atoms with Crippen LogP contribution in [-0.2, 0) is 4.79 Å². The van der Waals surface area contributed by atoms with E-state index in [4.69, 9.17) is 0 Å². The van der Waals surface area contributed by atoms with Gasteiger partial charge in [0, 0.05) is 18.9 Å². The maximum Gasteiger partial charge on any atom is 0.141 e. The predicted octanol–water partition coefficient (Wildman–Crippen LogP) is 0.741. The maximum atomic E-state index is 11.1. The highest BCUT2D eigenvalue weighted by atomic mass is 16.1. The van der Waals surface area contributed by atoms with E-state index in [9.17, 15) is 4.79 Å². The van der Waals surface area contributed by atoms with Gasteiger partial charge < -0.3 is 5.32 Å². The first-order chi connectivity index (χ1) is 4.84. The molecule has 1 fully saturated rings. The van der Waals surface area contributed by atoms with Gasteiger partial charge in [0.2, 0.25) is 0 Å². The maximum absolute atomic E-state index is 11.1. The first-order valence-electron chi connectivity index (χ1n) is 3.69. The second-order valence-electron chi connectivity index (χ2n) is 2.65. The molecule has 1 aliphatic heterocycles. The molecule has 2 heteroatoms. The highest BCUT2D eigenvalue weighted by molar-refractivity contribution is 5.82. The summed E-state index contributed by atoms with van der Waals surface area (Å²) in [5, 5.41) is 3.16. The number of allylic oxidation sites excluding steroid dienone is 1. The molecule has 10 heavy (non-hydrogen) atoms. The standard InChI is InChI=1S/C8H13NO/c1-2-3-8(10)7-4-5-9-6-7/h2,7,9H,1,3-6H2. The van der Waals surface area contributed by atoms with Crippen molar-refractivity contribution >= 4 is 5.78 Å². The summed E-state index contributed by atoms with van der Waals surface area (Å²) >= 11 is 0. The molecule has 1 aliphatic rings. The van der Waals surface area contributed by atoms with Gasteiger partial charge in [0.1, 0.15) is 5.78 Å². The van der Waals surface area contributed by atoms with Crippen LogP contribution in [0.4, 0.5) is 0 Å². The van der Waals surface area contributed by atoms with Crippen molar-refractivity contribution in [2.24, 2.45) is 5.92 Å². The first kappa shape index (κ1) is 7.48. The molecule has 1 unspecified atom stereocenters. The molecule has 0 spiro atoms. The van der Waals surface area contributed by atoms with Crippen molar-refractivity contribution in [3.8, 4) is 0 Å². The van der Waals surface area contributed by atoms with Crippen molar-refractivity contribution in [3.05, 3.63) is 12.7 Å². The Labute approximate surface area is 61.3 Å². The average molecular weight is 139 g/mol. The van der Waals surface area contributed by atoms with Crippen LogP contribution in [0.1, 0.15) is 12.8 Å². The second kappa shape index (κ2) is 3.52. The van der Waals surface area contributed by atoms with Crippen LogP contribution in [0.15, 0.2) is 12.7 Å². The molecular formula is C8H13NO. The number of hydrogen-bond acceptors (Lipinski definition) is 2. The lowest BCUT2D eigenvalue weighted by Crippen LogP contribution is -2.16. The van der Waals surface area contributed by atoms with Gasteiger partial charge in [0.15, 0.2) is 0 Å². The smallest absolute Gasteiger partial charge is 0.141 e. The summed E-state index contributed by atoms with van der Waals surface area (Å²) in [6, 6.07) is 0. The van der Waals surface area contributed by atoms with Crippen molar-refractivity contribution in [1.29, 1.82) is 0 Å². The lowest BCUT2D eigenvalue weighted by atomic mass is 10.0. The van der Waals surface area contributed by atoms with Gasteiger partial charge in [0.25, 0.3) is 0 Å². The zero-order valence-corrected chi connectivity index (χ0v) is 6.10. The summed E-state index contributed by atoms with van der Waals surface area (Å²) in [6.07, 6.45) is 3.22. The van der Waals surface area contributed by atoms with Crippen LogP contribution in [0, 0.1) is 5.92 Å². The third-order valence-electron chi connectivity index (χ3n) is 1.86. The van der Waals surface area contributed by atoms with Crippen LogP contribution in [0.2, 0.25) is 0 Å². The summed E-state index contributed by atoms with van der Waals surface area (Å²) in [5.74, 6) is 0.595. The third-order valence-corrected chi connectivity index (χ3v) is 1.86. The summed E-state index contributed by atoms with van der Waals surface area (Å²) in [5.41, 5.74) is 0. The van der Waals surface area contributed by atoms with Gasteiger partial charge in [-0.1, -0.05) is 6.08 Å². The van der Waals surface area contributed by atoms with Crippen molar-refractivity contribution in [2.75, 3.05) is 13.1 Å². The Kier molecular flexibility index (Phi) is 2.63. The van der Waals surface area contributed by atoms with Gasteiger partial charge in [-0.25, -0.2) is 0 Å². The molecule has 1 atom stereocenters. The van der Waals surface area contributed by atoms with E-state index < -0.39 is 0 Å². The fourth-order valence-corrected chi connectivity index (χ4v) is 1.24. The molecule has 0 aromatic heterocycles. The Morgan fingerprint density at radius 3 is 3.10 bits per heavy atom. The second-order valence-corrected chi connectivity index (χ2v) is 2.65. The van der Waals surface area contributed by atoms with Crippen molar-refractivity contribution in [1.82, 2.24) is 5.32 Å². The Balaban J connectivity index is 2.32. The highest BCUT2D eigenvalue weighted by Gasteiger charge is 2.20. The Hall–Kier alpha value is -0.630. The van der Waals surface area contributed by atoms with Gasteiger partial charge >= 0.3 is 0 Å². The number of carbonyl (C=O) groups excluding carboxylic acids is 1. The SMILES string of the molecule is C=CCC(=O)C1CCNC1. The predicted molar refractivity (Wildman–Crippen MR) is 40.8 cm³/mol. The van der Waals surface area contributed by atoms with E-state index in [1.165, 1.54) is 0 Å². The normalized spacial score (nSPS) is 24.6. The quantitative estimate of drug-likeness (QED) is 0.584. The minimum Gasteiger partial charge on any atom is -0.316 e. The van der Waals surface area contributed by atoms with Gasteiger partial charge in [-0.2, -0.15) is 0 Å². The monoisotopic (exact) mass is 139 g/mol. The molecule has 0 bridgehead atoms. The molecule has 1 rings (SSSR count). The number of ketones is 1. The van der Waals surface area contributed by atoms with E-state index in [0.717, 1.165) is 19.5 Å². The number of nitrogens with one attached hydrogen (secondary N) is 1. The molecule has 1 heterocycles. The number of Topliss-reactive ketones (excluding diaryl/α,β-unsaturated/α-hetero) is 1. The summed E-state index contributed by atoms with van der Waals surface area (Å²) in [4.78, 5) is 11.1. The fourth-order valence-electron chi connectivity index (χ4n) is 1.24. The van der Waals surface area contributed by atoms with Crippen LogP contribution in [-0.4, -0.2) is 18.9 Å². The van der Waals surface area contributed by atoms with E-state index in [-0.39, 0.29) is 5.92 Å². The van der Waals surface area contributed by atoms with E-state index in [2.05, 4.69) is 11.9 Å². The van der Waals surface area contributed by atoms with Gasteiger partial charge in [-0.15, -0.1) is 6.58 Å². The number of hydrogen-bond donors (Lipinski definition) is 1.